The third-order valence-corrected chi connectivity index (χ3v) is 6.05. The zero-order chi connectivity index (χ0) is 19.9. The van der Waals surface area contributed by atoms with Gasteiger partial charge >= 0.3 is 0 Å². The van der Waals surface area contributed by atoms with Gasteiger partial charge in [0.25, 0.3) is 0 Å². The van der Waals surface area contributed by atoms with E-state index >= 15 is 0 Å². The van der Waals surface area contributed by atoms with E-state index in [4.69, 9.17) is 0 Å². The Morgan fingerprint density at radius 1 is 0.517 bits per heavy atom. The lowest BCUT2D eigenvalue weighted by atomic mass is 10.4. The second-order valence-electron chi connectivity index (χ2n) is 5.42. The van der Waals surface area contributed by atoms with Gasteiger partial charge in [-0.3, -0.25) is 4.98 Å². The molecule has 150 valence electrons. The Morgan fingerprint density at radius 2 is 0.793 bits per heavy atom. The Balaban J connectivity index is 0.000000353. The summed E-state index contributed by atoms with van der Waals surface area (Å²) in [6, 6.07) is 38.0. The molecule has 0 unspecified atom stereocenters. The molecule has 0 saturated carbocycles. The summed E-state index contributed by atoms with van der Waals surface area (Å²) in [6.45, 7) is 0. The van der Waals surface area contributed by atoms with Crippen LogP contribution in [0.4, 0.5) is 0 Å². The van der Waals surface area contributed by atoms with Crippen molar-refractivity contribution in [2.24, 2.45) is 0 Å². The SMILES string of the molecule is ClOCl.S.c1ccc(P(c2ccccc2)c2ccccc2)cc1.c1ccncc1. The minimum Gasteiger partial charge on any atom is -0.265 e. The molecule has 3 aromatic carbocycles. The first kappa shape index (κ1) is 25.2. The van der Waals surface area contributed by atoms with Crippen LogP contribution in [0.15, 0.2) is 122 Å². The largest absolute Gasteiger partial charge is 0.265 e. The molecule has 0 saturated heterocycles. The van der Waals surface area contributed by atoms with E-state index in [1.807, 2.05) is 18.2 Å². The van der Waals surface area contributed by atoms with Gasteiger partial charge < -0.3 is 0 Å². The Hall–Kier alpha value is -1.87. The van der Waals surface area contributed by atoms with Gasteiger partial charge in [-0.25, -0.2) is 0 Å². The Morgan fingerprint density at radius 3 is 1.00 bits per heavy atom. The molecule has 0 radical (unpaired) electrons. The first-order valence-corrected chi connectivity index (χ1v) is 10.5. The zero-order valence-corrected chi connectivity index (χ0v) is 19.0. The molecule has 0 N–H and O–H groups in total. The molecular weight excluding hydrogens is 440 g/mol. The van der Waals surface area contributed by atoms with E-state index in [-0.39, 0.29) is 13.5 Å². The molecule has 0 amide bonds. The number of hydrogen-bond donors (Lipinski definition) is 0. The zero-order valence-electron chi connectivity index (χ0n) is 15.6. The van der Waals surface area contributed by atoms with Crippen molar-refractivity contribution in [3.05, 3.63) is 122 Å². The number of nitrogens with zero attached hydrogens (tertiary/aromatic N) is 1. The minimum absolute atomic E-state index is 0. The van der Waals surface area contributed by atoms with Crippen LogP contribution in [-0.2, 0) is 3.84 Å². The molecule has 4 aromatic rings. The van der Waals surface area contributed by atoms with E-state index in [0.717, 1.165) is 0 Å². The van der Waals surface area contributed by atoms with E-state index in [1.54, 1.807) is 12.4 Å². The van der Waals surface area contributed by atoms with Crippen LogP contribution >= 0.6 is 45.1 Å². The van der Waals surface area contributed by atoms with Gasteiger partial charge in [-0.2, -0.15) is 17.3 Å². The summed E-state index contributed by atoms with van der Waals surface area (Å²) in [7, 11) is -0.446. The number of benzene rings is 3. The van der Waals surface area contributed by atoms with Crippen LogP contribution in [0.2, 0.25) is 0 Å². The van der Waals surface area contributed by atoms with Crippen molar-refractivity contribution in [2.45, 2.75) is 0 Å². The summed E-state index contributed by atoms with van der Waals surface area (Å²) in [5.41, 5.74) is 0. The van der Waals surface area contributed by atoms with Gasteiger partial charge in [0.1, 0.15) is 0 Å². The quantitative estimate of drug-likeness (QED) is 0.351. The van der Waals surface area contributed by atoms with E-state index in [1.165, 1.54) is 15.9 Å². The number of rotatable bonds is 3. The van der Waals surface area contributed by atoms with Crippen LogP contribution in [0.5, 0.6) is 0 Å². The summed E-state index contributed by atoms with van der Waals surface area (Å²) in [4.78, 5) is 3.78. The van der Waals surface area contributed by atoms with Gasteiger partial charge in [0.15, 0.2) is 0 Å². The summed E-state index contributed by atoms with van der Waals surface area (Å²) in [5.74, 6) is 0. The van der Waals surface area contributed by atoms with Crippen molar-refractivity contribution in [3.63, 3.8) is 0 Å². The molecule has 0 aliphatic rings. The van der Waals surface area contributed by atoms with E-state index in [2.05, 4.69) is 124 Å². The minimum atomic E-state index is -0.446. The van der Waals surface area contributed by atoms with Gasteiger partial charge in [-0.05, 0) is 36.0 Å². The molecule has 4 rings (SSSR count). The number of aromatic nitrogens is 1. The summed E-state index contributed by atoms with van der Waals surface area (Å²) >= 11 is 8.53. The maximum atomic E-state index is 4.26. The van der Waals surface area contributed by atoms with Gasteiger partial charge in [-0.15, -0.1) is 0 Å². The van der Waals surface area contributed by atoms with Crippen LogP contribution in [0, 0.1) is 0 Å². The number of hydrogen-bond acceptors (Lipinski definition) is 2. The predicted molar refractivity (Wildman–Crippen MR) is 133 cm³/mol. The summed E-state index contributed by atoms with van der Waals surface area (Å²) < 4.78 is 3.19. The smallest absolute Gasteiger partial charge is 0.0832 e. The average Bonchev–Trinajstić information content (AvgIpc) is 2.78. The number of pyridine rings is 1. The van der Waals surface area contributed by atoms with Crippen LogP contribution in [0.1, 0.15) is 0 Å². The molecule has 0 atom stereocenters. The van der Waals surface area contributed by atoms with Gasteiger partial charge in [0.2, 0.25) is 0 Å². The highest BCUT2D eigenvalue weighted by atomic mass is 35.6. The molecule has 6 heteroatoms. The highest BCUT2D eigenvalue weighted by Crippen LogP contribution is 2.32. The van der Waals surface area contributed by atoms with Crippen LogP contribution in [-0.4, -0.2) is 4.98 Å². The van der Waals surface area contributed by atoms with Gasteiger partial charge in [0.05, 0.1) is 23.7 Å². The molecule has 0 aliphatic heterocycles. The standard InChI is InChI=1S/C18H15P.C5H5N.Cl2O.H2S/c1-4-10-16(11-5-1)19(17-12-6-2-7-13-17)18-14-8-3-9-15-18;1-2-4-6-5-3-1;1-3-2;/h1-15H;1-5H;;1H2. The van der Waals surface area contributed by atoms with Crippen molar-refractivity contribution in [1.29, 1.82) is 0 Å². The molecular formula is C23H22Cl2NOPS. The van der Waals surface area contributed by atoms with E-state index in [9.17, 15) is 0 Å². The van der Waals surface area contributed by atoms with Crippen molar-refractivity contribution < 1.29 is 3.84 Å². The molecule has 0 spiro atoms. The van der Waals surface area contributed by atoms with Crippen LogP contribution < -0.4 is 15.9 Å². The van der Waals surface area contributed by atoms with Crippen LogP contribution in [0.25, 0.3) is 0 Å². The lowest BCUT2D eigenvalue weighted by molar-refractivity contribution is 0.697. The van der Waals surface area contributed by atoms with E-state index < -0.39 is 7.92 Å². The Bertz CT molecular complexity index is 751. The fourth-order valence-electron chi connectivity index (χ4n) is 2.49. The third-order valence-electron chi connectivity index (χ3n) is 3.61. The third kappa shape index (κ3) is 9.45. The Kier molecular flexibility index (Phi) is 13.9. The van der Waals surface area contributed by atoms with Gasteiger partial charge in [-0.1, -0.05) is 97.1 Å². The first-order chi connectivity index (χ1) is 13.9. The molecule has 0 bridgehead atoms. The molecule has 0 fully saturated rings. The average molecular weight is 462 g/mol. The second kappa shape index (κ2) is 16.0. The number of halogens is 2. The molecule has 2 nitrogen and oxygen atoms in total. The molecule has 29 heavy (non-hydrogen) atoms. The normalized spacial score (nSPS) is 9.21. The van der Waals surface area contributed by atoms with Crippen molar-refractivity contribution in [1.82, 2.24) is 4.98 Å². The maximum Gasteiger partial charge on any atom is 0.0832 e. The molecule has 1 aromatic heterocycles. The topological polar surface area (TPSA) is 22.1 Å². The lowest BCUT2D eigenvalue weighted by Crippen LogP contribution is -2.20. The van der Waals surface area contributed by atoms with E-state index in [0.29, 0.717) is 0 Å². The van der Waals surface area contributed by atoms with Crippen molar-refractivity contribution >= 4 is 61.1 Å². The molecule has 1 heterocycles. The fourth-order valence-corrected chi connectivity index (χ4v) is 4.80. The molecule has 0 aliphatic carbocycles. The monoisotopic (exact) mass is 461 g/mol. The van der Waals surface area contributed by atoms with Crippen molar-refractivity contribution in [2.75, 3.05) is 0 Å². The summed E-state index contributed by atoms with van der Waals surface area (Å²) in [5, 5.41) is 4.19. The van der Waals surface area contributed by atoms with Gasteiger partial charge in [0, 0.05) is 12.4 Å². The maximum absolute atomic E-state index is 4.26. The Labute approximate surface area is 191 Å². The van der Waals surface area contributed by atoms with Crippen molar-refractivity contribution in [3.8, 4) is 0 Å². The second-order valence-corrected chi connectivity index (χ2v) is 8.11. The highest BCUT2D eigenvalue weighted by molar-refractivity contribution is 7.79. The summed E-state index contributed by atoms with van der Waals surface area (Å²) in [6.07, 6.45) is 3.50. The lowest BCUT2D eigenvalue weighted by Gasteiger charge is -2.18. The predicted octanol–water partition coefficient (Wildman–Crippen LogP) is 5.95. The van der Waals surface area contributed by atoms with Crippen LogP contribution in [0.3, 0.4) is 0 Å². The fraction of sp³-hybridized carbons (Fsp3) is 0. The highest BCUT2D eigenvalue weighted by Gasteiger charge is 2.14. The first-order valence-electron chi connectivity index (χ1n) is 8.56.